The molecule has 0 radical (unpaired) electrons. The van der Waals surface area contributed by atoms with Crippen LogP contribution >= 0.6 is 0 Å². The first-order valence-electron chi connectivity index (χ1n) is 6.38. The number of nitrogens with zero attached hydrogens (tertiary/aromatic N) is 1. The van der Waals surface area contributed by atoms with Crippen LogP contribution in [0.1, 0.15) is 11.3 Å². The number of hydrogen-bond donors (Lipinski definition) is 1. The fourth-order valence-electron chi connectivity index (χ4n) is 2.34. The number of H-pyrrole nitrogens is 1. The fraction of sp³-hybridized carbons (Fsp3) is 0.125. The molecule has 100 valence electrons. The average Bonchev–Trinajstić information content (AvgIpc) is 2.50. The van der Waals surface area contributed by atoms with Crippen molar-refractivity contribution in [3.63, 3.8) is 0 Å². The molecule has 3 rings (SSSR count). The van der Waals surface area contributed by atoms with Crippen LogP contribution in [0.15, 0.2) is 53.3 Å². The van der Waals surface area contributed by atoms with Crippen molar-refractivity contribution in [3.05, 3.63) is 70.1 Å². The molecule has 0 fully saturated rings. The lowest BCUT2D eigenvalue weighted by Crippen LogP contribution is -2.12. The smallest absolute Gasteiger partial charge is 0.272 e. The van der Waals surface area contributed by atoms with Gasteiger partial charge in [-0.3, -0.25) is 4.79 Å². The second-order valence-electron chi connectivity index (χ2n) is 4.54. The number of aromatic amines is 1. The summed E-state index contributed by atoms with van der Waals surface area (Å²) in [5.41, 5.74) is 1.75. The third-order valence-corrected chi connectivity index (χ3v) is 3.29. The number of methoxy groups -OCH3 is 1. The van der Waals surface area contributed by atoms with Gasteiger partial charge in [-0.05, 0) is 17.7 Å². The molecule has 20 heavy (non-hydrogen) atoms. The Labute approximate surface area is 116 Å². The minimum Gasteiger partial charge on any atom is -0.496 e. The summed E-state index contributed by atoms with van der Waals surface area (Å²) in [7, 11) is 1.60. The van der Waals surface area contributed by atoms with E-state index in [-0.39, 0.29) is 5.56 Å². The van der Waals surface area contributed by atoms with Crippen molar-refractivity contribution >= 4 is 10.8 Å². The summed E-state index contributed by atoms with van der Waals surface area (Å²) in [5, 5.41) is 8.13. The van der Waals surface area contributed by atoms with E-state index in [1.807, 2.05) is 42.5 Å². The molecule has 0 saturated heterocycles. The monoisotopic (exact) mass is 266 g/mol. The lowest BCUT2D eigenvalue weighted by molar-refractivity contribution is 0.419. The highest BCUT2D eigenvalue weighted by molar-refractivity contribution is 5.89. The third-order valence-electron chi connectivity index (χ3n) is 3.29. The Balaban J connectivity index is 2.21. The molecule has 2 aromatic carbocycles. The van der Waals surface area contributed by atoms with E-state index in [9.17, 15) is 4.79 Å². The molecule has 0 atom stereocenters. The van der Waals surface area contributed by atoms with Gasteiger partial charge in [0.15, 0.2) is 0 Å². The highest BCUT2D eigenvalue weighted by Gasteiger charge is 2.11. The van der Waals surface area contributed by atoms with Gasteiger partial charge in [0.05, 0.1) is 23.6 Å². The van der Waals surface area contributed by atoms with E-state index in [1.54, 1.807) is 13.2 Å². The maximum absolute atomic E-state index is 11.9. The molecule has 3 aromatic rings. The summed E-state index contributed by atoms with van der Waals surface area (Å²) in [6.45, 7) is 0. The van der Waals surface area contributed by atoms with Gasteiger partial charge in [-0.15, -0.1) is 0 Å². The molecule has 0 spiro atoms. The molecule has 0 aliphatic heterocycles. The maximum Gasteiger partial charge on any atom is 0.272 e. The summed E-state index contributed by atoms with van der Waals surface area (Å²) in [6, 6.07) is 15.5. The van der Waals surface area contributed by atoms with Crippen molar-refractivity contribution < 1.29 is 4.74 Å². The minimum atomic E-state index is -0.198. The van der Waals surface area contributed by atoms with Crippen LogP contribution < -0.4 is 10.3 Å². The Hall–Kier alpha value is -2.62. The van der Waals surface area contributed by atoms with E-state index < -0.39 is 0 Å². The molecule has 0 aliphatic carbocycles. The third kappa shape index (κ3) is 2.16. The summed E-state index contributed by atoms with van der Waals surface area (Å²) < 4.78 is 5.37. The molecule has 1 heterocycles. The minimum absolute atomic E-state index is 0.198. The van der Waals surface area contributed by atoms with Gasteiger partial charge in [-0.1, -0.05) is 36.4 Å². The first-order chi connectivity index (χ1) is 9.79. The molecule has 0 bridgehead atoms. The summed E-state index contributed by atoms with van der Waals surface area (Å²) in [4.78, 5) is 11.9. The normalized spacial score (nSPS) is 10.7. The number of rotatable bonds is 3. The first-order valence-corrected chi connectivity index (χ1v) is 6.38. The van der Waals surface area contributed by atoms with Crippen LogP contribution in [0.5, 0.6) is 5.75 Å². The summed E-state index contributed by atoms with van der Waals surface area (Å²) in [6.07, 6.45) is 0.647. The van der Waals surface area contributed by atoms with Crippen LogP contribution in [0.2, 0.25) is 0 Å². The number of benzene rings is 2. The highest BCUT2D eigenvalue weighted by atomic mass is 16.5. The van der Waals surface area contributed by atoms with E-state index in [0.717, 1.165) is 16.6 Å². The Morgan fingerprint density at radius 2 is 1.90 bits per heavy atom. The van der Waals surface area contributed by atoms with Crippen molar-refractivity contribution in [2.24, 2.45) is 0 Å². The molecule has 0 unspecified atom stereocenters. The van der Waals surface area contributed by atoms with Crippen molar-refractivity contribution in [2.45, 2.75) is 6.42 Å². The first kappa shape index (κ1) is 12.4. The Kier molecular flexibility index (Phi) is 3.21. The standard InChI is InChI=1S/C16H14N2O2/c1-20-14-9-5-8-12-15(14)13(17-18-16(12)19)10-11-6-3-2-4-7-11/h2-9H,10H2,1H3,(H,18,19). The van der Waals surface area contributed by atoms with E-state index in [4.69, 9.17) is 4.74 Å². The van der Waals surface area contributed by atoms with Gasteiger partial charge >= 0.3 is 0 Å². The number of nitrogens with one attached hydrogen (secondary N) is 1. The molecule has 1 aromatic heterocycles. The van der Waals surface area contributed by atoms with E-state index >= 15 is 0 Å². The molecular weight excluding hydrogens is 252 g/mol. The SMILES string of the molecule is COc1cccc2c(=O)[nH]nc(Cc3ccccc3)c12. The summed E-state index contributed by atoms with van der Waals surface area (Å²) >= 11 is 0. The zero-order valence-corrected chi connectivity index (χ0v) is 11.1. The molecule has 0 saturated carbocycles. The van der Waals surface area contributed by atoms with Crippen molar-refractivity contribution in [2.75, 3.05) is 7.11 Å². The number of fused-ring (bicyclic) bond motifs is 1. The van der Waals surface area contributed by atoms with Gasteiger partial charge in [0.25, 0.3) is 5.56 Å². The van der Waals surface area contributed by atoms with Crippen molar-refractivity contribution in [1.29, 1.82) is 0 Å². The number of aromatic nitrogens is 2. The number of ether oxygens (including phenoxy) is 1. The molecule has 1 N–H and O–H groups in total. The molecule has 0 amide bonds. The van der Waals surface area contributed by atoms with Gasteiger partial charge in [0, 0.05) is 6.42 Å². The van der Waals surface area contributed by atoms with Gasteiger partial charge < -0.3 is 4.74 Å². The van der Waals surface area contributed by atoms with Crippen LogP contribution in [-0.4, -0.2) is 17.3 Å². The van der Waals surface area contributed by atoms with Gasteiger partial charge in [-0.2, -0.15) is 5.10 Å². The summed E-state index contributed by atoms with van der Waals surface area (Å²) in [5.74, 6) is 0.673. The molecule has 4 heteroatoms. The molecule has 0 aliphatic rings. The topological polar surface area (TPSA) is 55.0 Å². The molecular formula is C16H14N2O2. The van der Waals surface area contributed by atoms with E-state index in [2.05, 4.69) is 10.2 Å². The van der Waals surface area contributed by atoms with Crippen LogP contribution in [0.25, 0.3) is 10.8 Å². The van der Waals surface area contributed by atoms with Crippen LogP contribution in [-0.2, 0) is 6.42 Å². The van der Waals surface area contributed by atoms with Crippen LogP contribution in [0.4, 0.5) is 0 Å². The predicted molar refractivity (Wildman–Crippen MR) is 78.2 cm³/mol. The maximum atomic E-state index is 11.9. The molecule has 4 nitrogen and oxygen atoms in total. The largest absolute Gasteiger partial charge is 0.496 e. The van der Waals surface area contributed by atoms with Crippen LogP contribution in [0, 0.1) is 0 Å². The van der Waals surface area contributed by atoms with E-state index in [1.165, 1.54) is 0 Å². The zero-order chi connectivity index (χ0) is 13.9. The zero-order valence-electron chi connectivity index (χ0n) is 11.1. The van der Waals surface area contributed by atoms with Crippen molar-refractivity contribution in [1.82, 2.24) is 10.2 Å². The Morgan fingerprint density at radius 3 is 2.65 bits per heavy atom. The average molecular weight is 266 g/mol. The second kappa shape index (κ2) is 5.17. The Morgan fingerprint density at radius 1 is 1.10 bits per heavy atom. The quantitative estimate of drug-likeness (QED) is 0.792. The highest BCUT2D eigenvalue weighted by Crippen LogP contribution is 2.26. The van der Waals surface area contributed by atoms with Gasteiger partial charge in [0.1, 0.15) is 5.75 Å². The fourth-order valence-corrected chi connectivity index (χ4v) is 2.34. The van der Waals surface area contributed by atoms with Gasteiger partial charge in [0.2, 0.25) is 0 Å². The van der Waals surface area contributed by atoms with Crippen LogP contribution in [0.3, 0.4) is 0 Å². The lowest BCUT2D eigenvalue weighted by atomic mass is 10.0. The van der Waals surface area contributed by atoms with E-state index in [0.29, 0.717) is 17.6 Å². The van der Waals surface area contributed by atoms with Gasteiger partial charge in [-0.25, -0.2) is 5.10 Å². The second-order valence-corrected chi connectivity index (χ2v) is 4.54. The number of hydrogen-bond acceptors (Lipinski definition) is 3. The lowest BCUT2D eigenvalue weighted by Gasteiger charge is -2.09. The predicted octanol–water partition coefficient (Wildman–Crippen LogP) is 2.52. The Bertz CT molecular complexity index is 794. The van der Waals surface area contributed by atoms with Crippen molar-refractivity contribution in [3.8, 4) is 5.75 Å².